The first kappa shape index (κ1) is 13.4. The van der Waals surface area contributed by atoms with Crippen LogP contribution in [0.25, 0.3) is 10.9 Å². The maximum atomic E-state index is 5.59. The van der Waals surface area contributed by atoms with Crippen molar-refractivity contribution in [3.8, 4) is 5.75 Å². The van der Waals surface area contributed by atoms with Crippen molar-refractivity contribution >= 4 is 10.9 Å². The predicted molar refractivity (Wildman–Crippen MR) is 89.6 cm³/mol. The number of aryl methyl sites for hydroxylation is 1. The third-order valence-electron chi connectivity index (χ3n) is 4.55. The lowest BCUT2D eigenvalue weighted by Crippen LogP contribution is -2.30. The topological polar surface area (TPSA) is 37.0 Å². The van der Waals surface area contributed by atoms with E-state index in [0.717, 1.165) is 18.7 Å². The fraction of sp³-hybridized carbons (Fsp3) is 0.263. The fourth-order valence-corrected chi connectivity index (χ4v) is 3.53. The summed E-state index contributed by atoms with van der Waals surface area (Å²) in [4.78, 5) is 3.62. The summed E-state index contributed by atoms with van der Waals surface area (Å²) in [6, 6.07) is 15.1. The highest BCUT2D eigenvalue weighted by Gasteiger charge is 2.27. The van der Waals surface area contributed by atoms with Gasteiger partial charge in [0.25, 0.3) is 0 Å². The number of aromatic amines is 1. The number of benzene rings is 2. The van der Waals surface area contributed by atoms with Gasteiger partial charge < -0.3 is 15.0 Å². The Bertz CT molecular complexity index is 835. The second-order valence-electron chi connectivity index (χ2n) is 5.95. The monoisotopic (exact) mass is 292 g/mol. The number of hydrogen-bond donors (Lipinski definition) is 2. The molecule has 112 valence electrons. The number of hydrogen-bond acceptors (Lipinski definition) is 2. The number of H-pyrrole nitrogens is 1. The zero-order valence-electron chi connectivity index (χ0n) is 12.9. The molecular weight excluding hydrogens is 272 g/mol. The van der Waals surface area contributed by atoms with Crippen LogP contribution >= 0.6 is 0 Å². The second kappa shape index (κ2) is 5.18. The first-order chi connectivity index (χ1) is 10.8. The van der Waals surface area contributed by atoms with Crippen molar-refractivity contribution in [1.82, 2.24) is 10.3 Å². The van der Waals surface area contributed by atoms with Crippen LogP contribution in [0.15, 0.2) is 42.5 Å². The number of rotatable bonds is 2. The van der Waals surface area contributed by atoms with Crippen LogP contribution in [0, 0.1) is 6.92 Å². The minimum absolute atomic E-state index is 0.158. The molecule has 1 aromatic heterocycles. The zero-order chi connectivity index (χ0) is 15.1. The third kappa shape index (κ3) is 2.01. The van der Waals surface area contributed by atoms with Crippen molar-refractivity contribution in [2.24, 2.45) is 0 Å². The van der Waals surface area contributed by atoms with Crippen molar-refractivity contribution in [2.75, 3.05) is 13.7 Å². The largest absolute Gasteiger partial charge is 0.496 e. The van der Waals surface area contributed by atoms with Crippen molar-refractivity contribution in [1.29, 1.82) is 0 Å². The van der Waals surface area contributed by atoms with E-state index >= 15 is 0 Å². The van der Waals surface area contributed by atoms with Crippen molar-refractivity contribution < 1.29 is 4.74 Å². The van der Waals surface area contributed by atoms with Gasteiger partial charge in [0.15, 0.2) is 0 Å². The maximum absolute atomic E-state index is 5.59. The predicted octanol–water partition coefficient (Wildman–Crippen LogP) is 3.72. The Balaban J connectivity index is 1.91. The summed E-state index contributed by atoms with van der Waals surface area (Å²) in [5.41, 5.74) is 6.38. The lowest BCUT2D eigenvalue weighted by atomic mass is 9.93. The van der Waals surface area contributed by atoms with Gasteiger partial charge in [0.1, 0.15) is 5.75 Å². The summed E-state index contributed by atoms with van der Waals surface area (Å²) in [6.07, 6.45) is 1.06. The van der Waals surface area contributed by atoms with Crippen molar-refractivity contribution in [3.05, 3.63) is 64.8 Å². The van der Waals surface area contributed by atoms with Gasteiger partial charge in [0.2, 0.25) is 0 Å². The number of ether oxygens (including phenoxy) is 1. The quantitative estimate of drug-likeness (QED) is 0.755. The van der Waals surface area contributed by atoms with E-state index in [1.165, 1.54) is 33.3 Å². The Morgan fingerprint density at radius 1 is 1.14 bits per heavy atom. The third-order valence-corrected chi connectivity index (χ3v) is 4.55. The average Bonchev–Trinajstić information content (AvgIpc) is 2.93. The smallest absolute Gasteiger partial charge is 0.124 e. The molecule has 2 N–H and O–H groups in total. The molecule has 2 heterocycles. The van der Waals surface area contributed by atoms with Gasteiger partial charge in [-0.3, -0.25) is 0 Å². The first-order valence-corrected chi connectivity index (χ1v) is 7.75. The number of para-hydroxylation sites is 1. The number of methoxy groups -OCH3 is 1. The summed E-state index contributed by atoms with van der Waals surface area (Å²) >= 11 is 0. The molecule has 0 saturated heterocycles. The molecule has 3 nitrogen and oxygen atoms in total. The SMILES string of the molecule is COc1ccc(C)cc1C1NCCc2c1[nH]c1ccccc21. The summed E-state index contributed by atoms with van der Waals surface area (Å²) in [6.45, 7) is 3.11. The summed E-state index contributed by atoms with van der Waals surface area (Å²) in [5.74, 6) is 0.939. The fourth-order valence-electron chi connectivity index (χ4n) is 3.53. The highest BCUT2D eigenvalue weighted by atomic mass is 16.5. The van der Waals surface area contributed by atoms with Gasteiger partial charge in [-0.1, -0.05) is 35.9 Å². The lowest BCUT2D eigenvalue weighted by Gasteiger charge is -2.26. The Morgan fingerprint density at radius 3 is 2.86 bits per heavy atom. The minimum Gasteiger partial charge on any atom is -0.496 e. The first-order valence-electron chi connectivity index (χ1n) is 7.75. The standard InChI is InChI=1S/C19H20N2O/c1-12-7-8-17(22-2)15(11-12)18-19-14(9-10-20-18)13-5-3-4-6-16(13)21-19/h3-8,11,18,20-21H,9-10H2,1-2H3. The summed E-state index contributed by atoms with van der Waals surface area (Å²) < 4.78 is 5.59. The molecule has 0 aliphatic carbocycles. The Morgan fingerprint density at radius 2 is 2.00 bits per heavy atom. The van der Waals surface area contributed by atoms with Crippen molar-refractivity contribution in [2.45, 2.75) is 19.4 Å². The van der Waals surface area contributed by atoms with Crippen LogP contribution in [0.2, 0.25) is 0 Å². The van der Waals surface area contributed by atoms with Crippen LogP contribution in [0.3, 0.4) is 0 Å². The van der Waals surface area contributed by atoms with Crippen LogP contribution < -0.4 is 10.1 Å². The molecule has 0 bridgehead atoms. The highest BCUT2D eigenvalue weighted by molar-refractivity contribution is 5.85. The van der Waals surface area contributed by atoms with Crippen LogP contribution in [0.5, 0.6) is 5.75 Å². The molecule has 2 aromatic carbocycles. The molecule has 0 radical (unpaired) electrons. The number of fused-ring (bicyclic) bond motifs is 3. The molecule has 0 amide bonds. The molecular formula is C19H20N2O. The number of aromatic nitrogens is 1. The zero-order valence-corrected chi connectivity index (χ0v) is 12.9. The molecule has 4 rings (SSSR count). The van der Waals surface area contributed by atoms with Gasteiger partial charge >= 0.3 is 0 Å². The average molecular weight is 292 g/mol. The van der Waals surface area contributed by atoms with Gasteiger partial charge in [0.05, 0.1) is 13.2 Å². The van der Waals surface area contributed by atoms with Crippen LogP contribution in [0.4, 0.5) is 0 Å². The minimum atomic E-state index is 0.158. The van der Waals surface area contributed by atoms with E-state index in [4.69, 9.17) is 4.74 Å². The van der Waals surface area contributed by atoms with Gasteiger partial charge in [0, 0.05) is 28.7 Å². The summed E-state index contributed by atoms with van der Waals surface area (Å²) in [5, 5.41) is 4.99. The molecule has 0 saturated carbocycles. The van der Waals surface area contributed by atoms with E-state index in [1.54, 1.807) is 7.11 Å². The lowest BCUT2D eigenvalue weighted by molar-refractivity contribution is 0.402. The molecule has 1 unspecified atom stereocenters. The molecule has 1 aliphatic rings. The van der Waals surface area contributed by atoms with Gasteiger partial charge in [-0.15, -0.1) is 0 Å². The molecule has 0 spiro atoms. The van der Waals surface area contributed by atoms with Crippen molar-refractivity contribution in [3.63, 3.8) is 0 Å². The second-order valence-corrected chi connectivity index (χ2v) is 5.95. The normalized spacial score (nSPS) is 17.5. The van der Waals surface area contributed by atoms with Crippen LogP contribution in [-0.4, -0.2) is 18.6 Å². The molecule has 1 aliphatic heterocycles. The van der Waals surface area contributed by atoms with E-state index in [1.807, 2.05) is 0 Å². The van der Waals surface area contributed by atoms with E-state index in [0.29, 0.717) is 0 Å². The van der Waals surface area contributed by atoms with E-state index in [9.17, 15) is 0 Å². The van der Waals surface area contributed by atoms with E-state index in [-0.39, 0.29) is 6.04 Å². The Labute approximate surface area is 130 Å². The van der Waals surface area contributed by atoms with Gasteiger partial charge in [-0.2, -0.15) is 0 Å². The van der Waals surface area contributed by atoms with Crippen LogP contribution in [0.1, 0.15) is 28.4 Å². The van der Waals surface area contributed by atoms with Gasteiger partial charge in [-0.25, -0.2) is 0 Å². The molecule has 3 aromatic rings. The molecule has 22 heavy (non-hydrogen) atoms. The maximum Gasteiger partial charge on any atom is 0.124 e. The van der Waals surface area contributed by atoms with E-state index in [2.05, 4.69) is 59.7 Å². The van der Waals surface area contributed by atoms with Crippen LogP contribution in [-0.2, 0) is 6.42 Å². The van der Waals surface area contributed by atoms with Gasteiger partial charge in [-0.05, 0) is 31.0 Å². The Hall–Kier alpha value is -2.26. The van der Waals surface area contributed by atoms with E-state index < -0.39 is 0 Å². The molecule has 0 fully saturated rings. The summed E-state index contributed by atoms with van der Waals surface area (Å²) in [7, 11) is 1.74. The molecule has 3 heteroatoms. The molecule has 1 atom stereocenters. The Kier molecular flexibility index (Phi) is 3.16. The number of nitrogens with one attached hydrogen (secondary N) is 2. The highest BCUT2D eigenvalue weighted by Crippen LogP contribution is 2.37.